The SMILES string of the molecule is C=CC(=O)OCCCCCC(=O)OCC(COCC(COC(=O)CCCCCOC(=O)C=C)(COC(=O)CCCCCOC(=O)C=C)COC(=O)CCCCCOC(=O)CC)(COC(=O)CCCCCOC(=O)C=C)COC(=O)CCCCCOC(=O)C=C. The predicted octanol–water partition coefficient (Wildman–Crippen LogP) is 8.20. The summed E-state index contributed by atoms with van der Waals surface area (Å²) in [7, 11) is 0. The van der Waals surface area contributed by atoms with Crippen molar-refractivity contribution >= 4 is 71.6 Å². The van der Waals surface area contributed by atoms with Gasteiger partial charge in [-0.05, 0) is 116 Å². The van der Waals surface area contributed by atoms with Crippen molar-refractivity contribution in [1.29, 1.82) is 0 Å². The second kappa shape index (κ2) is 53.3. The molecule has 89 heavy (non-hydrogen) atoms. The van der Waals surface area contributed by atoms with Gasteiger partial charge in [0, 0.05) is 75.3 Å². The van der Waals surface area contributed by atoms with Crippen LogP contribution >= 0.6 is 0 Å². The van der Waals surface area contributed by atoms with Crippen molar-refractivity contribution in [3.8, 4) is 0 Å². The highest BCUT2D eigenvalue weighted by molar-refractivity contribution is 5.82. The molecule has 0 aromatic heterocycles. The first-order valence-corrected chi connectivity index (χ1v) is 30.4. The van der Waals surface area contributed by atoms with Crippen molar-refractivity contribution < 1.29 is 119 Å². The molecule has 25 heteroatoms. The van der Waals surface area contributed by atoms with Gasteiger partial charge in [0.25, 0.3) is 0 Å². The zero-order valence-corrected chi connectivity index (χ0v) is 52.2. The number of carbonyl (C=O) groups is 12. The Kier molecular flexibility index (Phi) is 48.7. The van der Waals surface area contributed by atoms with Crippen molar-refractivity contribution in [2.45, 2.75) is 167 Å². The molecule has 0 aliphatic heterocycles. The maximum absolute atomic E-state index is 13.5. The molecule has 0 aliphatic carbocycles. The van der Waals surface area contributed by atoms with Crippen LogP contribution in [0.5, 0.6) is 0 Å². The van der Waals surface area contributed by atoms with Gasteiger partial charge in [-0.15, -0.1) is 0 Å². The topological polar surface area (TPSA) is 325 Å². The zero-order valence-electron chi connectivity index (χ0n) is 52.2. The monoisotopic (exact) mass is 1260 g/mol. The Morgan fingerprint density at radius 1 is 0.247 bits per heavy atom. The van der Waals surface area contributed by atoms with E-state index >= 15 is 0 Å². The van der Waals surface area contributed by atoms with Crippen LogP contribution in [-0.4, -0.2) is 164 Å². The lowest BCUT2D eigenvalue weighted by molar-refractivity contribution is -0.176. The van der Waals surface area contributed by atoms with Crippen LogP contribution in [0.3, 0.4) is 0 Å². The van der Waals surface area contributed by atoms with Gasteiger partial charge in [-0.25, -0.2) is 24.0 Å². The van der Waals surface area contributed by atoms with E-state index in [1.165, 1.54) is 0 Å². The van der Waals surface area contributed by atoms with Gasteiger partial charge >= 0.3 is 71.6 Å². The van der Waals surface area contributed by atoms with E-state index in [0.29, 0.717) is 116 Å². The number of rotatable bonds is 58. The second-order valence-corrected chi connectivity index (χ2v) is 20.8. The van der Waals surface area contributed by atoms with E-state index in [4.69, 9.17) is 61.6 Å². The Morgan fingerprint density at radius 2 is 0.438 bits per heavy atom. The fraction of sp³-hybridized carbons (Fsp3) is 0.656. The molecule has 0 aromatic rings. The third-order valence-electron chi connectivity index (χ3n) is 12.8. The van der Waals surface area contributed by atoms with Crippen molar-refractivity contribution in [1.82, 2.24) is 0 Å². The van der Waals surface area contributed by atoms with Gasteiger partial charge in [0.1, 0.15) is 39.6 Å². The third-order valence-corrected chi connectivity index (χ3v) is 12.8. The van der Waals surface area contributed by atoms with Crippen LogP contribution in [0.1, 0.15) is 167 Å². The standard InChI is InChI=1S/C64H96O25/c1-7-51(65)78-37-25-13-19-31-57(71)84-45-63(46-85-58(72)32-20-14-26-38-79-52(66)8-2,47-86-59(73)33-21-15-27-39-80-53(67)9-3)43-77-44-64(48-87-60(74)34-22-16-28-40-81-54(68)10-4,49-88-61(75)35-23-17-29-41-82-55(69)11-5)50-89-62(76)36-24-18-30-42-83-56(70)12-6/h7-11H,1-5,12-50H2,6H3. The fourth-order valence-corrected chi connectivity index (χ4v) is 7.55. The lowest BCUT2D eigenvalue weighted by Gasteiger charge is -2.35. The molecule has 0 bridgehead atoms. The quantitative estimate of drug-likeness (QED) is 0.0239. The van der Waals surface area contributed by atoms with Gasteiger partial charge in [-0.1, -0.05) is 39.8 Å². The van der Waals surface area contributed by atoms with Crippen molar-refractivity contribution in [3.05, 3.63) is 63.3 Å². The van der Waals surface area contributed by atoms with E-state index in [0.717, 1.165) is 30.4 Å². The Hall–Kier alpha value is -7.70. The molecule has 0 aromatic carbocycles. The summed E-state index contributed by atoms with van der Waals surface area (Å²) in [4.78, 5) is 150. The average Bonchev–Trinajstić information content (AvgIpc) is 3.06. The summed E-state index contributed by atoms with van der Waals surface area (Å²) in [5.74, 6) is -7.48. The van der Waals surface area contributed by atoms with Gasteiger partial charge < -0.3 is 61.6 Å². The van der Waals surface area contributed by atoms with Crippen LogP contribution in [0.15, 0.2) is 63.3 Å². The minimum Gasteiger partial charge on any atom is -0.466 e. The summed E-state index contributed by atoms with van der Waals surface area (Å²) in [5, 5.41) is 0. The molecule has 0 radical (unpaired) electrons. The first kappa shape index (κ1) is 81.3. The van der Waals surface area contributed by atoms with E-state index in [1.807, 2.05) is 0 Å². The zero-order chi connectivity index (χ0) is 66.2. The first-order chi connectivity index (χ1) is 42.8. The van der Waals surface area contributed by atoms with Gasteiger partial charge in [0.2, 0.25) is 0 Å². The summed E-state index contributed by atoms with van der Waals surface area (Å²) in [6, 6.07) is 0. The highest BCUT2D eigenvalue weighted by Gasteiger charge is 2.41. The highest BCUT2D eigenvalue weighted by Crippen LogP contribution is 2.28. The first-order valence-electron chi connectivity index (χ1n) is 30.4. The molecule has 0 atom stereocenters. The predicted molar refractivity (Wildman–Crippen MR) is 319 cm³/mol. The number of unbranched alkanes of at least 4 members (excludes halogenated alkanes) is 12. The van der Waals surface area contributed by atoms with Crippen LogP contribution in [0.4, 0.5) is 0 Å². The summed E-state index contributed by atoms with van der Waals surface area (Å²) >= 11 is 0. The Morgan fingerprint density at radius 3 is 0.618 bits per heavy atom. The molecule has 0 aliphatic rings. The van der Waals surface area contributed by atoms with Crippen molar-refractivity contribution in [2.24, 2.45) is 10.8 Å². The number of hydrogen-bond acceptors (Lipinski definition) is 25. The molecule has 0 fully saturated rings. The minimum absolute atomic E-state index is 0.0814. The van der Waals surface area contributed by atoms with Gasteiger partial charge in [-0.2, -0.15) is 0 Å². The third kappa shape index (κ3) is 47.0. The van der Waals surface area contributed by atoms with Crippen LogP contribution < -0.4 is 0 Å². The number of carbonyl (C=O) groups excluding carboxylic acids is 12. The van der Waals surface area contributed by atoms with Crippen LogP contribution in [0.2, 0.25) is 0 Å². The summed E-state index contributed by atoms with van der Waals surface area (Å²) in [6.45, 7) is 14.7. The maximum atomic E-state index is 13.5. The average molecular weight is 1270 g/mol. The van der Waals surface area contributed by atoms with E-state index in [1.54, 1.807) is 6.92 Å². The molecule has 25 nitrogen and oxygen atoms in total. The van der Waals surface area contributed by atoms with E-state index in [9.17, 15) is 57.5 Å². The molecule has 0 saturated heterocycles. The number of hydrogen-bond donors (Lipinski definition) is 0. The Bertz CT molecular complexity index is 2040. The van der Waals surface area contributed by atoms with E-state index < -0.39 is 129 Å². The molecule has 0 spiro atoms. The number of esters is 12. The van der Waals surface area contributed by atoms with Crippen LogP contribution in [-0.2, 0) is 119 Å². The molecular formula is C64H96O25. The normalized spacial score (nSPS) is 10.8. The van der Waals surface area contributed by atoms with Crippen LogP contribution in [0, 0.1) is 10.8 Å². The summed E-state index contributed by atoms with van der Waals surface area (Å²) < 4.78 is 71.5. The molecule has 0 heterocycles. The lowest BCUT2D eigenvalue weighted by atomic mass is 9.90. The van der Waals surface area contributed by atoms with E-state index in [2.05, 4.69) is 32.9 Å². The molecule has 502 valence electrons. The molecule has 0 saturated carbocycles. The summed E-state index contributed by atoms with van der Waals surface area (Å²) in [6.07, 6.45) is 12.2. The summed E-state index contributed by atoms with van der Waals surface area (Å²) in [5.41, 5.74) is -3.33. The molecular weight excluding hydrogens is 1170 g/mol. The van der Waals surface area contributed by atoms with E-state index in [-0.39, 0.29) is 90.6 Å². The molecule has 0 N–H and O–H groups in total. The van der Waals surface area contributed by atoms with Gasteiger partial charge in [0.15, 0.2) is 0 Å². The second-order valence-electron chi connectivity index (χ2n) is 20.8. The fourth-order valence-electron chi connectivity index (χ4n) is 7.55. The minimum atomic E-state index is -1.67. The smallest absolute Gasteiger partial charge is 0.330 e. The maximum Gasteiger partial charge on any atom is 0.330 e. The Labute approximate surface area is 523 Å². The highest BCUT2D eigenvalue weighted by atomic mass is 16.6. The van der Waals surface area contributed by atoms with Crippen molar-refractivity contribution in [3.63, 3.8) is 0 Å². The Balaban J connectivity index is 7.26. The largest absolute Gasteiger partial charge is 0.466 e. The molecule has 0 amide bonds. The van der Waals surface area contributed by atoms with Gasteiger partial charge in [-0.3, -0.25) is 33.6 Å². The van der Waals surface area contributed by atoms with Crippen molar-refractivity contribution in [2.75, 3.05) is 92.5 Å². The molecule has 0 unspecified atom stereocenters. The van der Waals surface area contributed by atoms with Crippen LogP contribution in [0.25, 0.3) is 0 Å². The number of ether oxygens (including phenoxy) is 13. The lowest BCUT2D eigenvalue weighted by Crippen LogP contribution is -2.47. The molecule has 0 rings (SSSR count). The van der Waals surface area contributed by atoms with Gasteiger partial charge in [0.05, 0.1) is 63.7 Å².